The Morgan fingerprint density at radius 1 is 1.45 bits per heavy atom. The van der Waals surface area contributed by atoms with Gasteiger partial charge in [-0.25, -0.2) is 0 Å². The molecule has 1 heterocycles. The smallest absolute Gasteiger partial charge is 0.303 e. The van der Waals surface area contributed by atoms with Gasteiger partial charge in [-0.2, -0.15) is 0 Å². The molecule has 0 amide bonds. The first-order valence-corrected chi connectivity index (χ1v) is 7.00. The summed E-state index contributed by atoms with van der Waals surface area (Å²) in [5, 5.41) is 0. The van der Waals surface area contributed by atoms with Crippen LogP contribution in [0.1, 0.15) is 54.5 Å². The second kappa shape index (κ2) is 4.62. The second-order valence-corrected chi connectivity index (χ2v) is 5.76. The van der Waals surface area contributed by atoms with Crippen LogP contribution >= 0.6 is 0 Å². The van der Waals surface area contributed by atoms with Gasteiger partial charge in [0.2, 0.25) is 5.78 Å². The normalized spacial score (nSPS) is 28.4. The van der Waals surface area contributed by atoms with Gasteiger partial charge >= 0.3 is 5.97 Å². The molecule has 0 fully saturated rings. The third kappa shape index (κ3) is 1.82. The van der Waals surface area contributed by atoms with Gasteiger partial charge in [0.15, 0.2) is 5.76 Å². The Labute approximate surface area is 117 Å². The van der Waals surface area contributed by atoms with Crippen molar-refractivity contribution in [2.75, 3.05) is 0 Å². The van der Waals surface area contributed by atoms with E-state index in [0.29, 0.717) is 11.7 Å². The molecule has 20 heavy (non-hydrogen) atoms. The molecule has 1 aromatic heterocycles. The third-order valence-corrected chi connectivity index (χ3v) is 4.35. The lowest BCUT2D eigenvalue weighted by atomic mass is 9.69. The van der Waals surface area contributed by atoms with Crippen molar-refractivity contribution in [3.05, 3.63) is 34.8 Å². The zero-order chi connectivity index (χ0) is 14.4. The molecule has 106 valence electrons. The average Bonchev–Trinajstić information content (AvgIpc) is 2.77. The summed E-state index contributed by atoms with van der Waals surface area (Å²) in [5.74, 6) is 0.223. The number of hydrogen-bond donors (Lipinski definition) is 0. The van der Waals surface area contributed by atoms with Crippen LogP contribution in [0, 0.1) is 18.8 Å². The lowest BCUT2D eigenvalue weighted by Gasteiger charge is -2.38. The van der Waals surface area contributed by atoms with E-state index >= 15 is 0 Å². The van der Waals surface area contributed by atoms with Crippen LogP contribution in [0.25, 0.3) is 0 Å². The van der Waals surface area contributed by atoms with Gasteiger partial charge in [0.25, 0.3) is 0 Å². The lowest BCUT2D eigenvalue weighted by molar-refractivity contribution is -0.150. The van der Waals surface area contributed by atoms with Gasteiger partial charge in [0, 0.05) is 24.0 Å². The number of carbonyl (C=O) groups excluding carboxylic acids is 2. The van der Waals surface area contributed by atoms with Crippen molar-refractivity contribution >= 4 is 11.8 Å². The predicted octanol–water partition coefficient (Wildman–Crippen LogP) is 3.36. The van der Waals surface area contributed by atoms with Crippen LogP contribution in [0.3, 0.4) is 0 Å². The van der Waals surface area contributed by atoms with Crippen molar-refractivity contribution in [1.82, 2.24) is 0 Å². The number of rotatable bonds is 1. The Balaban J connectivity index is 2.17. The fourth-order valence-electron chi connectivity index (χ4n) is 3.43. The fraction of sp³-hybridized carbons (Fsp3) is 0.500. The van der Waals surface area contributed by atoms with Gasteiger partial charge in [-0.05, 0) is 31.2 Å². The molecule has 1 aromatic rings. The van der Waals surface area contributed by atoms with E-state index in [4.69, 9.17) is 9.15 Å². The number of allylic oxidation sites excluding steroid dienone is 1. The molecule has 0 bridgehead atoms. The zero-order valence-corrected chi connectivity index (χ0v) is 11.9. The minimum atomic E-state index is -0.402. The van der Waals surface area contributed by atoms with Gasteiger partial charge < -0.3 is 9.15 Å². The van der Waals surface area contributed by atoms with E-state index in [-0.39, 0.29) is 17.7 Å². The molecule has 0 N–H and O–H groups in total. The van der Waals surface area contributed by atoms with Crippen molar-refractivity contribution in [2.45, 2.75) is 39.7 Å². The molecule has 3 atom stereocenters. The maximum absolute atomic E-state index is 12.5. The Kier molecular flexibility index (Phi) is 3.04. The summed E-state index contributed by atoms with van der Waals surface area (Å²) in [6.07, 6.45) is 5.04. The maximum atomic E-state index is 12.5. The fourth-order valence-corrected chi connectivity index (χ4v) is 3.43. The number of ether oxygens (including phenoxy) is 1. The largest absolute Gasteiger partial charge is 0.460 e. The highest BCUT2D eigenvalue weighted by molar-refractivity contribution is 6.10. The van der Waals surface area contributed by atoms with E-state index in [0.717, 1.165) is 29.5 Å². The van der Waals surface area contributed by atoms with E-state index < -0.39 is 6.10 Å². The number of hydrogen-bond acceptors (Lipinski definition) is 4. The quantitative estimate of drug-likeness (QED) is 0.737. The Bertz CT molecular complexity index is 608. The van der Waals surface area contributed by atoms with Gasteiger partial charge in [-0.3, -0.25) is 9.59 Å². The van der Waals surface area contributed by atoms with Crippen molar-refractivity contribution < 1.29 is 18.7 Å². The summed E-state index contributed by atoms with van der Waals surface area (Å²) < 4.78 is 11.0. The first-order chi connectivity index (χ1) is 9.50. The summed E-state index contributed by atoms with van der Waals surface area (Å²) in [7, 11) is 0. The Hall–Kier alpha value is -1.84. The molecule has 4 heteroatoms. The highest BCUT2D eigenvalue weighted by Crippen LogP contribution is 2.48. The van der Waals surface area contributed by atoms with E-state index in [2.05, 4.69) is 6.92 Å². The summed E-state index contributed by atoms with van der Waals surface area (Å²) in [6, 6.07) is 0. The Morgan fingerprint density at radius 2 is 2.20 bits per heavy atom. The number of carbonyl (C=O) groups is 2. The molecular formula is C16H18O4. The predicted molar refractivity (Wildman–Crippen MR) is 72.3 cm³/mol. The van der Waals surface area contributed by atoms with Crippen LogP contribution in [-0.2, 0) is 9.53 Å². The first kappa shape index (κ1) is 13.2. The van der Waals surface area contributed by atoms with Crippen molar-refractivity contribution in [1.29, 1.82) is 0 Å². The summed E-state index contributed by atoms with van der Waals surface area (Å²) in [6.45, 7) is 5.40. The molecule has 0 saturated heterocycles. The number of Topliss-reactive ketones (excluding diaryl/α,β-unsaturated/α-hetero) is 1. The van der Waals surface area contributed by atoms with Crippen LogP contribution in [0.4, 0.5) is 0 Å². The molecule has 0 unspecified atom stereocenters. The Morgan fingerprint density at radius 3 is 2.90 bits per heavy atom. The van der Waals surface area contributed by atoms with E-state index in [9.17, 15) is 9.59 Å². The van der Waals surface area contributed by atoms with Crippen LogP contribution in [0.2, 0.25) is 0 Å². The highest BCUT2D eigenvalue weighted by atomic mass is 16.5. The average molecular weight is 274 g/mol. The summed E-state index contributed by atoms with van der Waals surface area (Å²) in [5.41, 5.74) is 2.37. The van der Waals surface area contributed by atoms with E-state index in [1.807, 2.05) is 13.0 Å². The minimum Gasteiger partial charge on any atom is -0.460 e. The number of esters is 1. The van der Waals surface area contributed by atoms with Crippen molar-refractivity contribution in [3.63, 3.8) is 0 Å². The standard InChI is InChI=1S/C16H18O4/c1-8-5-4-6-11-12(8)15(20-10(3)17)13-9(2)7-19-16(13)14(11)18/h6-8,12,15H,4-5H2,1-3H3/t8-,12+,15-/m0/s1. The third-order valence-electron chi connectivity index (χ3n) is 4.35. The monoisotopic (exact) mass is 274 g/mol. The van der Waals surface area contributed by atoms with Gasteiger partial charge in [0.1, 0.15) is 6.10 Å². The van der Waals surface area contributed by atoms with E-state index in [1.165, 1.54) is 6.92 Å². The number of ketones is 1. The molecule has 0 radical (unpaired) electrons. The van der Waals surface area contributed by atoms with Crippen LogP contribution in [0.5, 0.6) is 0 Å². The molecule has 4 nitrogen and oxygen atoms in total. The zero-order valence-electron chi connectivity index (χ0n) is 11.9. The SMILES string of the molecule is CC(=O)O[C@@H]1c2c(C)coc2C(=O)C2=CCC[C@H](C)[C@H]21. The first-order valence-electron chi connectivity index (χ1n) is 7.00. The molecule has 0 aromatic carbocycles. The van der Waals surface area contributed by atoms with E-state index in [1.54, 1.807) is 6.26 Å². The molecule has 0 aliphatic heterocycles. The molecule has 0 spiro atoms. The molecule has 0 saturated carbocycles. The van der Waals surface area contributed by atoms with Gasteiger partial charge in [-0.1, -0.05) is 13.0 Å². The number of furan rings is 1. The van der Waals surface area contributed by atoms with Crippen LogP contribution in [0.15, 0.2) is 22.3 Å². The van der Waals surface area contributed by atoms with Crippen molar-refractivity contribution in [2.24, 2.45) is 11.8 Å². The van der Waals surface area contributed by atoms with Crippen LogP contribution in [-0.4, -0.2) is 11.8 Å². The molecule has 3 rings (SSSR count). The lowest BCUT2D eigenvalue weighted by Crippen LogP contribution is -2.35. The molecule has 2 aliphatic rings. The minimum absolute atomic E-state index is 0.0481. The summed E-state index contributed by atoms with van der Waals surface area (Å²) >= 11 is 0. The van der Waals surface area contributed by atoms with Gasteiger partial charge in [0.05, 0.1) is 6.26 Å². The topological polar surface area (TPSA) is 56.5 Å². The van der Waals surface area contributed by atoms with Gasteiger partial charge in [-0.15, -0.1) is 0 Å². The molecule has 2 aliphatic carbocycles. The summed E-state index contributed by atoms with van der Waals surface area (Å²) in [4.78, 5) is 24.0. The highest BCUT2D eigenvalue weighted by Gasteiger charge is 2.46. The van der Waals surface area contributed by atoms with Crippen LogP contribution < -0.4 is 0 Å². The van der Waals surface area contributed by atoms with Crippen molar-refractivity contribution in [3.8, 4) is 0 Å². The second-order valence-electron chi connectivity index (χ2n) is 5.76. The number of fused-ring (bicyclic) bond motifs is 2. The number of aryl methyl sites for hydroxylation is 1. The molecular weight excluding hydrogens is 256 g/mol. The maximum Gasteiger partial charge on any atom is 0.303 e.